The molecular formula is C23H18Br2N4O3. The number of benzene rings is 3. The van der Waals surface area contributed by atoms with Gasteiger partial charge in [0, 0.05) is 14.5 Å². The number of nitrogens with one attached hydrogen (secondary N) is 2. The number of ether oxygens (including phenoxy) is 1. The number of carbonyl (C=O) groups excluding carboxylic acids is 2. The number of halogens is 2. The van der Waals surface area contributed by atoms with Crippen molar-refractivity contribution in [1.29, 1.82) is 0 Å². The molecule has 0 aliphatic carbocycles. The number of amides is 2. The van der Waals surface area contributed by atoms with Gasteiger partial charge in [0.15, 0.2) is 6.61 Å². The van der Waals surface area contributed by atoms with Gasteiger partial charge in [-0.1, -0.05) is 56.1 Å². The van der Waals surface area contributed by atoms with E-state index in [0.29, 0.717) is 11.3 Å². The van der Waals surface area contributed by atoms with E-state index in [4.69, 9.17) is 4.74 Å². The number of carbonyl (C=O) groups is 2. The number of nitrogens with zero attached hydrogens (tertiary/aromatic N) is 2. The molecule has 0 unspecified atom stereocenters. The predicted molar refractivity (Wildman–Crippen MR) is 131 cm³/mol. The van der Waals surface area contributed by atoms with Gasteiger partial charge < -0.3 is 4.74 Å². The normalized spacial score (nSPS) is 10.9. The molecule has 32 heavy (non-hydrogen) atoms. The molecule has 0 bridgehead atoms. The first-order valence-electron chi connectivity index (χ1n) is 9.39. The summed E-state index contributed by atoms with van der Waals surface area (Å²) in [5, 5.41) is 7.84. The van der Waals surface area contributed by atoms with Gasteiger partial charge in [-0.3, -0.25) is 9.59 Å². The van der Waals surface area contributed by atoms with Crippen molar-refractivity contribution in [2.24, 2.45) is 10.2 Å². The summed E-state index contributed by atoms with van der Waals surface area (Å²) in [7, 11) is 0. The highest BCUT2D eigenvalue weighted by Crippen LogP contribution is 2.13. The van der Waals surface area contributed by atoms with Gasteiger partial charge in [-0.15, -0.1) is 0 Å². The Labute approximate surface area is 201 Å². The Morgan fingerprint density at radius 3 is 1.94 bits per heavy atom. The highest BCUT2D eigenvalue weighted by molar-refractivity contribution is 9.10. The minimum Gasteiger partial charge on any atom is -0.484 e. The minimum atomic E-state index is -0.403. The van der Waals surface area contributed by atoms with E-state index in [9.17, 15) is 9.59 Å². The molecule has 2 N–H and O–H groups in total. The topological polar surface area (TPSA) is 92.2 Å². The summed E-state index contributed by atoms with van der Waals surface area (Å²) in [5.74, 6) is -0.312. The number of hydrogen-bond acceptors (Lipinski definition) is 5. The molecule has 7 nitrogen and oxygen atoms in total. The fourth-order valence-corrected chi connectivity index (χ4v) is 3.30. The summed E-state index contributed by atoms with van der Waals surface area (Å²) < 4.78 is 7.26. The van der Waals surface area contributed by atoms with Gasteiger partial charge in [0.25, 0.3) is 11.8 Å². The van der Waals surface area contributed by atoms with Gasteiger partial charge in [0.05, 0.1) is 12.4 Å². The standard InChI is InChI=1S/C23H18Br2N4O3/c24-19-5-1-3-16(11-19)13-26-28-22(30)15-32-21-9-7-18(8-10-21)23(31)29-27-14-17-4-2-6-20(25)12-17/h1-14H,15H2,(H,28,30)(H,29,31)/b26-13+,27-14+. The Kier molecular flexibility index (Phi) is 8.70. The van der Waals surface area contributed by atoms with Gasteiger partial charge in [-0.25, -0.2) is 10.9 Å². The Morgan fingerprint density at radius 1 is 0.812 bits per heavy atom. The van der Waals surface area contributed by atoms with Crippen LogP contribution in [0, 0.1) is 0 Å². The molecule has 0 saturated heterocycles. The molecule has 0 aliphatic rings. The van der Waals surface area contributed by atoms with E-state index < -0.39 is 5.91 Å². The molecule has 0 atom stereocenters. The molecule has 0 radical (unpaired) electrons. The van der Waals surface area contributed by atoms with E-state index in [2.05, 4.69) is 52.9 Å². The van der Waals surface area contributed by atoms with Crippen LogP contribution in [-0.2, 0) is 4.79 Å². The van der Waals surface area contributed by atoms with Crippen molar-refractivity contribution in [3.05, 3.63) is 98.4 Å². The first kappa shape index (κ1) is 23.4. The van der Waals surface area contributed by atoms with E-state index in [1.165, 1.54) is 6.21 Å². The zero-order chi connectivity index (χ0) is 22.8. The quantitative estimate of drug-likeness (QED) is 0.315. The van der Waals surface area contributed by atoms with Crippen LogP contribution in [0.5, 0.6) is 5.75 Å². The zero-order valence-corrected chi connectivity index (χ0v) is 19.8. The van der Waals surface area contributed by atoms with Crippen molar-refractivity contribution < 1.29 is 14.3 Å². The second-order valence-electron chi connectivity index (χ2n) is 6.42. The molecule has 0 spiro atoms. The molecule has 2 amide bonds. The maximum absolute atomic E-state index is 12.2. The lowest BCUT2D eigenvalue weighted by atomic mass is 10.2. The highest BCUT2D eigenvalue weighted by Gasteiger charge is 2.06. The Balaban J connectivity index is 1.43. The molecule has 162 valence electrons. The molecule has 9 heteroatoms. The van der Waals surface area contributed by atoms with Crippen LogP contribution in [0.25, 0.3) is 0 Å². The summed E-state index contributed by atoms with van der Waals surface area (Å²) in [4.78, 5) is 24.0. The molecule has 0 fully saturated rings. The summed E-state index contributed by atoms with van der Waals surface area (Å²) in [5.41, 5.74) is 6.97. The zero-order valence-electron chi connectivity index (χ0n) is 16.7. The van der Waals surface area contributed by atoms with Gasteiger partial charge >= 0.3 is 0 Å². The lowest BCUT2D eigenvalue weighted by Crippen LogP contribution is -2.24. The van der Waals surface area contributed by atoms with Crippen molar-refractivity contribution in [3.63, 3.8) is 0 Å². The lowest BCUT2D eigenvalue weighted by molar-refractivity contribution is -0.123. The first-order chi connectivity index (χ1) is 15.5. The second-order valence-corrected chi connectivity index (χ2v) is 8.25. The van der Waals surface area contributed by atoms with Crippen LogP contribution < -0.4 is 15.6 Å². The fraction of sp³-hybridized carbons (Fsp3) is 0.0435. The molecule has 3 aromatic rings. The second kappa shape index (κ2) is 11.9. The molecule has 3 aromatic carbocycles. The van der Waals surface area contributed by atoms with Crippen LogP contribution in [0.3, 0.4) is 0 Å². The van der Waals surface area contributed by atoms with Crippen molar-refractivity contribution >= 4 is 56.1 Å². The van der Waals surface area contributed by atoms with E-state index >= 15 is 0 Å². The van der Waals surface area contributed by atoms with Crippen LogP contribution >= 0.6 is 31.9 Å². The third kappa shape index (κ3) is 7.75. The van der Waals surface area contributed by atoms with Crippen LogP contribution in [0.2, 0.25) is 0 Å². The Bertz CT molecular complexity index is 1150. The van der Waals surface area contributed by atoms with Crippen molar-refractivity contribution in [2.75, 3.05) is 6.61 Å². The largest absolute Gasteiger partial charge is 0.484 e. The van der Waals surface area contributed by atoms with E-state index in [1.807, 2.05) is 48.5 Å². The molecule has 3 rings (SSSR count). The van der Waals surface area contributed by atoms with Crippen molar-refractivity contribution in [1.82, 2.24) is 10.9 Å². The predicted octanol–water partition coefficient (Wildman–Crippen LogP) is 4.50. The highest BCUT2D eigenvalue weighted by atomic mass is 79.9. The SMILES string of the molecule is O=C(COc1ccc(C(=O)N/N=C/c2cccc(Br)c2)cc1)N/N=C/c1cccc(Br)c1. The van der Waals surface area contributed by atoms with Crippen LogP contribution in [0.15, 0.2) is 91.9 Å². The first-order valence-corrected chi connectivity index (χ1v) is 11.0. The fourth-order valence-electron chi connectivity index (χ4n) is 2.47. The van der Waals surface area contributed by atoms with Crippen LogP contribution in [0.4, 0.5) is 0 Å². The maximum atomic E-state index is 12.2. The lowest BCUT2D eigenvalue weighted by Gasteiger charge is -2.06. The van der Waals surface area contributed by atoms with Gasteiger partial charge in [0.2, 0.25) is 0 Å². The summed E-state index contributed by atoms with van der Waals surface area (Å²) in [6.45, 7) is -0.210. The molecule has 0 saturated carbocycles. The van der Waals surface area contributed by atoms with Gasteiger partial charge in [0.1, 0.15) is 5.75 Å². The van der Waals surface area contributed by atoms with Crippen LogP contribution in [-0.4, -0.2) is 30.9 Å². The Morgan fingerprint density at radius 2 is 1.38 bits per heavy atom. The Hall–Kier alpha value is -3.30. The third-order valence-electron chi connectivity index (χ3n) is 3.97. The molecular weight excluding hydrogens is 540 g/mol. The monoisotopic (exact) mass is 556 g/mol. The third-order valence-corrected chi connectivity index (χ3v) is 4.95. The molecule has 0 aromatic heterocycles. The van der Waals surface area contributed by atoms with Crippen molar-refractivity contribution in [2.45, 2.75) is 0 Å². The van der Waals surface area contributed by atoms with Gasteiger partial charge in [-0.05, 0) is 59.7 Å². The van der Waals surface area contributed by atoms with E-state index in [0.717, 1.165) is 20.1 Å². The van der Waals surface area contributed by atoms with E-state index in [1.54, 1.807) is 30.5 Å². The van der Waals surface area contributed by atoms with Gasteiger partial charge in [-0.2, -0.15) is 10.2 Å². The number of rotatable bonds is 8. The maximum Gasteiger partial charge on any atom is 0.277 e. The molecule has 0 aliphatic heterocycles. The summed E-state index contributed by atoms with van der Waals surface area (Å²) in [6, 6.07) is 21.4. The van der Waals surface area contributed by atoms with Crippen molar-refractivity contribution in [3.8, 4) is 5.75 Å². The van der Waals surface area contributed by atoms with E-state index in [-0.39, 0.29) is 12.5 Å². The smallest absolute Gasteiger partial charge is 0.277 e. The minimum absolute atomic E-state index is 0.210. The summed E-state index contributed by atoms with van der Waals surface area (Å²) >= 11 is 6.75. The van der Waals surface area contributed by atoms with Crippen LogP contribution in [0.1, 0.15) is 21.5 Å². The molecule has 0 heterocycles. The number of hydrogen-bond donors (Lipinski definition) is 2. The summed E-state index contributed by atoms with van der Waals surface area (Å²) in [6.07, 6.45) is 3.09. The number of hydrazone groups is 2. The average molecular weight is 558 g/mol. The average Bonchev–Trinajstić information content (AvgIpc) is 2.78.